The second kappa shape index (κ2) is 6.29. The van der Waals surface area contributed by atoms with Crippen LogP contribution in [-0.4, -0.2) is 22.0 Å². The van der Waals surface area contributed by atoms with E-state index in [0.717, 1.165) is 28.4 Å². The molecule has 0 fully saturated rings. The molecule has 4 rings (SSSR count). The lowest BCUT2D eigenvalue weighted by Crippen LogP contribution is -2.33. The molecule has 1 atom stereocenters. The van der Waals surface area contributed by atoms with E-state index in [-0.39, 0.29) is 12.1 Å². The smallest absolute Gasteiger partial charge is 0.321 e. The topological polar surface area (TPSA) is 76.1 Å². The standard InChI is InChI=1S/C17H14N4O2S/c22-16(18-13-10-23-14-9-5-4-8-12(13)14)20-17-19-15(21-24-17)11-6-2-1-3-7-11/h1-9,13H,10H2,(H2,18,19,20,21,22)/t13-/m0/s1. The number of aromatic nitrogens is 2. The number of anilines is 1. The van der Waals surface area contributed by atoms with Crippen LogP contribution in [0.4, 0.5) is 9.93 Å². The largest absolute Gasteiger partial charge is 0.491 e. The summed E-state index contributed by atoms with van der Waals surface area (Å²) in [4.78, 5) is 16.5. The van der Waals surface area contributed by atoms with Gasteiger partial charge in [0.15, 0.2) is 5.82 Å². The van der Waals surface area contributed by atoms with E-state index < -0.39 is 0 Å². The number of fused-ring (bicyclic) bond motifs is 1. The van der Waals surface area contributed by atoms with Gasteiger partial charge in [-0.1, -0.05) is 48.5 Å². The second-order valence-electron chi connectivity index (χ2n) is 5.29. The molecule has 2 amide bonds. The summed E-state index contributed by atoms with van der Waals surface area (Å²) in [5.41, 5.74) is 1.90. The van der Waals surface area contributed by atoms with Crippen LogP contribution in [0.1, 0.15) is 11.6 Å². The molecule has 0 saturated heterocycles. The molecule has 2 aromatic carbocycles. The van der Waals surface area contributed by atoms with Gasteiger partial charge in [0.05, 0.1) is 6.04 Å². The van der Waals surface area contributed by atoms with E-state index in [2.05, 4.69) is 20.0 Å². The normalized spacial score (nSPS) is 15.4. The minimum absolute atomic E-state index is 0.164. The van der Waals surface area contributed by atoms with E-state index in [0.29, 0.717) is 17.6 Å². The Morgan fingerprint density at radius 1 is 1.12 bits per heavy atom. The monoisotopic (exact) mass is 338 g/mol. The Hall–Kier alpha value is -2.93. The fourth-order valence-corrected chi connectivity index (χ4v) is 3.14. The van der Waals surface area contributed by atoms with Crippen molar-refractivity contribution in [3.8, 4) is 17.1 Å². The van der Waals surface area contributed by atoms with Gasteiger partial charge in [-0.25, -0.2) is 4.79 Å². The van der Waals surface area contributed by atoms with Crippen LogP contribution in [0, 0.1) is 0 Å². The first kappa shape index (κ1) is 14.6. The lowest BCUT2D eigenvalue weighted by Gasteiger charge is -2.11. The van der Waals surface area contributed by atoms with Crippen molar-refractivity contribution in [3.05, 3.63) is 60.2 Å². The summed E-state index contributed by atoms with van der Waals surface area (Å²) in [6, 6.07) is 16.8. The predicted octanol–water partition coefficient (Wildman–Crippen LogP) is 3.46. The third-order valence-electron chi connectivity index (χ3n) is 3.68. The van der Waals surface area contributed by atoms with Gasteiger partial charge in [0.1, 0.15) is 12.4 Å². The number of ether oxygens (including phenoxy) is 1. The zero-order chi connectivity index (χ0) is 16.4. The van der Waals surface area contributed by atoms with Gasteiger partial charge in [0.25, 0.3) is 0 Å². The van der Waals surface area contributed by atoms with Gasteiger partial charge in [0.2, 0.25) is 5.13 Å². The summed E-state index contributed by atoms with van der Waals surface area (Å²) >= 11 is 1.15. The third-order valence-corrected chi connectivity index (χ3v) is 4.31. The van der Waals surface area contributed by atoms with Crippen molar-refractivity contribution in [2.45, 2.75) is 6.04 Å². The molecule has 1 aliphatic heterocycles. The van der Waals surface area contributed by atoms with E-state index in [9.17, 15) is 4.79 Å². The highest BCUT2D eigenvalue weighted by Gasteiger charge is 2.25. The molecule has 2 N–H and O–H groups in total. The van der Waals surface area contributed by atoms with Crippen LogP contribution in [0.15, 0.2) is 54.6 Å². The number of nitrogens with zero attached hydrogens (tertiary/aromatic N) is 2. The van der Waals surface area contributed by atoms with Crippen molar-refractivity contribution >= 4 is 22.7 Å². The maximum absolute atomic E-state index is 12.2. The Balaban J connectivity index is 1.42. The Morgan fingerprint density at radius 3 is 2.79 bits per heavy atom. The summed E-state index contributed by atoms with van der Waals surface area (Å²) in [7, 11) is 0. The van der Waals surface area contributed by atoms with E-state index in [4.69, 9.17) is 4.74 Å². The first-order valence-electron chi connectivity index (χ1n) is 7.48. The molecular formula is C17H14N4O2S. The second-order valence-corrected chi connectivity index (χ2v) is 6.04. The number of rotatable bonds is 3. The van der Waals surface area contributed by atoms with E-state index in [1.165, 1.54) is 0 Å². The number of nitrogens with one attached hydrogen (secondary N) is 2. The minimum Gasteiger partial charge on any atom is -0.491 e. The molecule has 1 aliphatic rings. The lowest BCUT2D eigenvalue weighted by atomic mass is 10.1. The first-order chi connectivity index (χ1) is 11.8. The fraction of sp³-hybridized carbons (Fsp3) is 0.118. The van der Waals surface area contributed by atoms with Gasteiger partial charge in [-0.3, -0.25) is 5.32 Å². The predicted molar refractivity (Wildman–Crippen MR) is 92.2 cm³/mol. The SMILES string of the molecule is O=C(Nc1nc(-c2ccccc2)ns1)N[C@H]1COc2ccccc21. The van der Waals surface area contributed by atoms with Gasteiger partial charge in [-0.2, -0.15) is 9.36 Å². The fourth-order valence-electron chi connectivity index (χ4n) is 2.55. The lowest BCUT2D eigenvalue weighted by molar-refractivity contribution is 0.243. The van der Waals surface area contributed by atoms with Gasteiger partial charge < -0.3 is 10.1 Å². The first-order valence-corrected chi connectivity index (χ1v) is 8.25. The number of urea groups is 1. The zero-order valence-electron chi connectivity index (χ0n) is 12.6. The molecule has 120 valence electrons. The number of hydrogen-bond acceptors (Lipinski definition) is 5. The molecule has 0 saturated carbocycles. The van der Waals surface area contributed by atoms with Crippen molar-refractivity contribution < 1.29 is 9.53 Å². The number of amides is 2. The average molecular weight is 338 g/mol. The molecule has 7 heteroatoms. The van der Waals surface area contributed by atoms with Crippen molar-refractivity contribution in [1.82, 2.24) is 14.7 Å². The highest BCUT2D eigenvalue weighted by molar-refractivity contribution is 7.10. The molecule has 0 unspecified atom stereocenters. The van der Waals surface area contributed by atoms with E-state index in [1.807, 2.05) is 54.6 Å². The average Bonchev–Trinajstić information content (AvgIpc) is 3.23. The van der Waals surface area contributed by atoms with Crippen molar-refractivity contribution in [3.63, 3.8) is 0 Å². The Labute approximate surface area is 142 Å². The summed E-state index contributed by atoms with van der Waals surface area (Å²) in [6.07, 6.45) is 0. The highest BCUT2D eigenvalue weighted by atomic mass is 32.1. The van der Waals surface area contributed by atoms with Crippen LogP contribution in [0.5, 0.6) is 5.75 Å². The summed E-state index contributed by atoms with van der Waals surface area (Å²) in [5.74, 6) is 1.41. The van der Waals surface area contributed by atoms with Gasteiger partial charge in [0, 0.05) is 22.7 Å². The third kappa shape index (κ3) is 2.93. The maximum atomic E-state index is 12.2. The van der Waals surface area contributed by atoms with Gasteiger partial charge in [-0.05, 0) is 6.07 Å². The molecular weight excluding hydrogens is 324 g/mol. The van der Waals surface area contributed by atoms with E-state index in [1.54, 1.807) is 0 Å². The van der Waals surface area contributed by atoms with Crippen LogP contribution >= 0.6 is 11.5 Å². The van der Waals surface area contributed by atoms with Gasteiger partial charge in [-0.15, -0.1) is 0 Å². The molecule has 2 heterocycles. The van der Waals surface area contributed by atoms with Crippen LogP contribution in [-0.2, 0) is 0 Å². The number of hydrogen-bond donors (Lipinski definition) is 2. The number of carbonyl (C=O) groups is 1. The molecule has 0 spiro atoms. The van der Waals surface area contributed by atoms with Crippen molar-refractivity contribution in [2.24, 2.45) is 0 Å². The summed E-state index contributed by atoms with van der Waals surface area (Å²) in [6.45, 7) is 0.429. The summed E-state index contributed by atoms with van der Waals surface area (Å²) in [5, 5.41) is 6.08. The molecule has 0 radical (unpaired) electrons. The van der Waals surface area contributed by atoms with Crippen LogP contribution in [0.2, 0.25) is 0 Å². The zero-order valence-corrected chi connectivity index (χ0v) is 13.4. The minimum atomic E-state index is -0.323. The molecule has 1 aromatic heterocycles. The molecule has 6 nitrogen and oxygen atoms in total. The highest BCUT2D eigenvalue weighted by Crippen LogP contribution is 2.31. The van der Waals surface area contributed by atoms with Crippen LogP contribution < -0.4 is 15.4 Å². The molecule has 24 heavy (non-hydrogen) atoms. The van der Waals surface area contributed by atoms with Gasteiger partial charge >= 0.3 is 6.03 Å². The molecule has 0 aliphatic carbocycles. The van der Waals surface area contributed by atoms with Crippen LogP contribution in [0.25, 0.3) is 11.4 Å². The number of para-hydroxylation sites is 1. The molecule has 0 bridgehead atoms. The van der Waals surface area contributed by atoms with E-state index >= 15 is 0 Å². The van der Waals surface area contributed by atoms with Crippen molar-refractivity contribution in [2.75, 3.05) is 11.9 Å². The Bertz CT molecular complexity index is 866. The number of carbonyl (C=O) groups excluding carboxylic acids is 1. The molecule has 3 aromatic rings. The van der Waals surface area contributed by atoms with Crippen molar-refractivity contribution in [1.29, 1.82) is 0 Å². The van der Waals surface area contributed by atoms with Crippen LogP contribution in [0.3, 0.4) is 0 Å². The quantitative estimate of drug-likeness (QED) is 0.767. The Kier molecular flexibility index (Phi) is 3.84. The Morgan fingerprint density at radius 2 is 1.92 bits per heavy atom. The maximum Gasteiger partial charge on any atom is 0.321 e. The number of benzene rings is 2. The summed E-state index contributed by atoms with van der Waals surface area (Å²) < 4.78 is 9.83.